The molecule has 2 aromatic carbocycles. The zero-order chi connectivity index (χ0) is 17.8. The molecule has 132 valence electrons. The van der Waals surface area contributed by atoms with Crippen molar-refractivity contribution in [2.24, 2.45) is 0 Å². The lowest BCUT2D eigenvalue weighted by molar-refractivity contribution is 0.171. The second-order valence-electron chi connectivity index (χ2n) is 6.06. The smallest absolute Gasteiger partial charge is 0.317 e. The van der Waals surface area contributed by atoms with Crippen molar-refractivity contribution in [1.82, 2.24) is 10.2 Å². The number of benzene rings is 2. The van der Waals surface area contributed by atoms with Gasteiger partial charge < -0.3 is 19.7 Å². The van der Waals surface area contributed by atoms with Crippen LogP contribution in [0, 0.1) is 0 Å². The lowest BCUT2D eigenvalue weighted by Gasteiger charge is -2.23. The molecule has 6 heteroatoms. The number of rotatable bonds is 4. The van der Waals surface area contributed by atoms with E-state index in [1.54, 1.807) is 11.9 Å². The highest BCUT2D eigenvalue weighted by Gasteiger charge is 2.16. The first kappa shape index (κ1) is 17.4. The molecular formula is C19H21ClN2O3. The summed E-state index contributed by atoms with van der Waals surface area (Å²) in [5.74, 6) is 1.48. The molecule has 2 aromatic rings. The number of carbonyl (C=O) groups is 1. The van der Waals surface area contributed by atoms with Crippen LogP contribution in [0.25, 0.3) is 0 Å². The molecule has 1 heterocycles. The van der Waals surface area contributed by atoms with Gasteiger partial charge in [-0.05, 0) is 42.3 Å². The summed E-state index contributed by atoms with van der Waals surface area (Å²) in [6, 6.07) is 13.0. The Morgan fingerprint density at radius 2 is 1.84 bits per heavy atom. The molecule has 5 nitrogen and oxygen atoms in total. The van der Waals surface area contributed by atoms with Crippen LogP contribution in [0.15, 0.2) is 42.5 Å². The van der Waals surface area contributed by atoms with E-state index in [2.05, 4.69) is 5.32 Å². The molecule has 1 atom stereocenters. The quantitative estimate of drug-likeness (QED) is 0.896. The lowest BCUT2D eigenvalue weighted by Crippen LogP contribution is -2.38. The number of halogens is 1. The van der Waals surface area contributed by atoms with E-state index in [1.807, 2.05) is 49.4 Å². The maximum Gasteiger partial charge on any atom is 0.317 e. The van der Waals surface area contributed by atoms with Crippen molar-refractivity contribution < 1.29 is 14.3 Å². The van der Waals surface area contributed by atoms with E-state index in [9.17, 15) is 4.79 Å². The number of hydrogen-bond acceptors (Lipinski definition) is 3. The summed E-state index contributed by atoms with van der Waals surface area (Å²) in [6.07, 6.45) is 0. The van der Waals surface area contributed by atoms with Crippen LogP contribution in [-0.2, 0) is 6.54 Å². The molecule has 0 saturated carbocycles. The van der Waals surface area contributed by atoms with Gasteiger partial charge in [-0.15, -0.1) is 0 Å². The van der Waals surface area contributed by atoms with E-state index in [1.165, 1.54) is 0 Å². The monoisotopic (exact) mass is 360 g/mol. The summed E-state index contributed by atoms with van der Waals surface area (Å²) in [4.78, 5) is 14.1. The Kier molecular flexibility index (Phi) is 5.34. The number of amides is 2. The van der Waals surface area contributed by atoms with E-state index in [0.717, 1.165) is 22.6 Å². The summed E-state index contributed by atoms with van der Waals surface area (Å²) in [5.41, 5.74) is 1.99. The summed E-state index contributed by atoms with van der Waals surface area (Å²) in [7, 11) is 1.76. The molecule has 0 bridgehead atoms. The minimum absolute atomic E-state index is 0.104. The summed E-state index contributed by atoms with van der Waals surface area (Å²) < 4.78 is 11.1. The molecule has 0 aromatic heterocycles. The second kappa shape index (κ2) is 7.66. The van der Waals surface area contributed by atoms with Crippen LogP contribution < -0.4 is 14.8 Å². The molecule has 0 radical (unpaired) electrons. The Morgan fingerprint density at radius 1 is 1.16 bits per heavy atom. The average molecular weight is 361 g/mol. The molecule has 0 fully saturated rings. The Bertz CT molecular complexity index is 749. The third-order valence-electron chi connectivity index (χ3n) is 4.08. The van der Waals surface area contributed by atoms with Crippen molar-refractivity contribution in [1.29, 1.82) is 0 Å². The van der Waals surface area contributed by atoms with E-state index in [0.29, 0.717) is 24.8 Å². The van der Waals surface area contributed by atoms with E-state index >= 15 is 0 Å². The molecule has 0 saturated heterocycles. The Morgan fingerprint density at radius 3 is 2.56 bits per heavy atom. The summed E-state index contributed by atoms with van der Waals surface area (Å²) in [6.45, 7) is 3.54. The first-order chi connectivity index (χ1) is 12.0. The van der Waals surface area contributed by atoms with Gasteiger partial charge in [-0.25, -0.2) is 4.79 Å². The van der Waals surface area contributed by atoms with Gasteiger partial charge in [-0.2, -0.15) is 0 Å². The summed E-state index contributed by atoms with van der Waals surface area (Å²) in [5, 5.41) is 3.66. The fourth-order valence-corrected chi connectivity index (χ4v) is 2.79. The zero-order valence-electron chi connectivity index (χ0n) is 14.3. The molecule has 0 spiro atoms. The maximum absolute atomic E-state index is 12.4. The van der Waals surface area contributed by atoms with Crippen molar-refractivity contribution >= 4 is 17.6 Å². The minimum atomic E-state index is -0.141. The van der Waals surface area contributed by atoms with Crippen LogP contribution in [0.2, 0.25) is 5.02 Å². The number of fused-ring (bicyclic) bond motifs is 1. The van der Waals surface area contributed by atoms with Gasteiger partial charge in [-0.3, -0.25) is 0 Å². The normalized spacial score (nSPS) is 13.9. The first-order valence-electron chi connectivity index (χ1n) is 8.18. The highest BCUT2D eigenvalue weighted by atomic mass is 35.5. The largest absolute Gasteiger partial charge is 0.486 e. The minimum Gasteiger partial charge on any atom is -0.486 e. The van der Waals surface area contributed by atoms with Crippen molar-refractivity contribution in [3.63, 3.8) is 0 Å². The molecular weight excluding hydrogens is 340 g/mol. The number of urea groups is 1. The van der Waals surface area contributed by atoms with Gasteiger partial charge in [0.05, 0.1) is 6.04 Å². The highest BCUT2D eigenvalue weighted by Crippen LogP contribution is 2.31. The Balaban J connectivity index is 1.59. The Labute approximate surface area is 152 Å². The van der Waals surface area contributed by atoms with Crippen molar-refractivity contribution in [2.45, 2.75) is 19.5 Å². The molecule has 1 aliphatic rings. The SMILES string of the molecule is CC(NC(=O)N(C)Cc1ccc2c(c1)OCCO2)c1ccc(Cl)cc1. The standard InChI is InChI=1S/C19H21ClN2O3/c1-13(15-4-6-16(20)7-5-15)21-19(23)22(2)12-14-3-8-17-18(11-14)25-10-9-24-17/h3-8,11,13H,9-10,12H2,1-2H3,(H,21,23). The molecule has 25 heavy (non-hydrogen) atoms. The van der Waals surface area contributed by atoms with Gasteiger partial charge in [0.2, 0.25) is 0 Å². The predicted octanol–water partition coefficient (Wildman–Crippen LogP) is 4.01. The topological polar surface area (TPSA) is 50.8 Å². The van der Waals surface area contributed by atoms with Crippen molar-refractivity contribution in [2.75, 3.05) is 20.3 Å². The van der Waals surface area contributed by atoms with E-state index < -0.39 is 0 Å². The van der Waals surface area contributed by atoms with Crippen LogP contribution in [0.5, 0.6) is 11.5 Å². The number of nitrogens with zero attached hydrogens (tertiary/aromatic N) is 1. The van der Waals surface area contributed by atoms with Gasteiger partial charge in [-0.1, -0.05) is 29.8 Å². The lowest BCUT2D eigenvalue weighted by atomic mass is 10.1. The first-order valence-corrected chi connectivity index (χ1v) is 8.56. The van der Waals surface area contributed by atoms with Gasteiger partial charge in [0.15, 0.2) is 11.5 Å². The van der Waals surface area contributed by atoms with Crippen molar-refractivity contribution in [3.8, 4) is 11.5 Å². The maximum atomic E-state index is 12.4. The summed E-state index contributed by atoms with van der Waals surface area (Å²) >= 11 is 5.90. The van der Waals surface area contributed by atoms with Crippen LogP contribution in [0.1, 0.15) is 24.1 Å². The third-order valence-corrected chi connectivity index (χ3v) is 4.33. The van der Waals surface area contributed by atoms with Crippen LogP contribution in [-0.4, -0.2) is 31.2 Å². The molecule has 3 rings (SSSR count). The highest BCUT2D eigenvalue weighted by molar-refractivity contribution is 6.30. The number of ether oxygens (including phenoxy) is 2. The number of hydrogen-bond donors (Lipinski definition) is 1. The van der Waals surface area contributed by atoms with Crippen LogP contribution in [0.3, 0.4) is 0 Å². The van der Waals surface area contributed by atoms with Gasteiger partial charge in [0.25, 0.3) is 0 Å². The van der Waals surface area contributed by atoms with Gasteiger partial charge in [0.1, 0.15) is 13.2 Å². The fourth-order valence-electron chi connectivity index (χ4n) is 2.66. The average Bonchev–Trinajstić information content (AvgIpc) is 2.62. The van der Waals surface area contributed by atoms with Crippen LogP contribution in [0.4, 0.5) is 4.79 Å². The van der Waals surface area contributed by atoms with Crippen molar-refractivity contribution in [3.05, 3.63) is 58.6 Å². The molecule has 1 unspecified atom stereocenters. The van der Waals surface area contributed by atoms with Gasteiger partial charge >= 0.3 is 6.03 Å². The number of carbonyl (C=O) groups excluding carboxylic acids is 1. The Hall–Kier alpha value is -2.40. The van der Waals surface area contributed by atoms with E-state index in [4.69, 9.17) is 21.1 Å². The van der Waals surface area contributed by atoms with E-state index in [-0.39, 0.29) is 12.1 Å². The molecule has 2 amide bonds. The molecule has 1 aliphatic heterocycles. The predicted molar refractivity (Wildman–Crippen MR) is 97.3 cm³/mol. The molecule has 1 N–H and O–H groups in total. The third kappa shape index (κ3) is 4.37. The number of nitrogens with one attached hydrogen (secondary N) is 1. The van der Waals surface area contributed by atoms with Crippen LogP contribution >= 0.6 is 11.6 Å². The molecule has 0 aliphatic carbocycles. The zero-order valence-corrected chi connectivity index (χ0v) is 15.0. The second-order valence-corrected chi connectivity index (χ2v) is 6.49. The van der Waals surface area contributed by atoms with Gasteiger partial charge in [0, 0.05) is 18.6 Å². The fraction of sp³-hybridized carbons (Fsp3) is 0.316.